The van der Waals surface area contributed by atoms with Crippen molar-refractivity contribution in [3.63, 3.8) is 0 Å². The summed E-state index contributed by atoms with van der Waals surface area (Å²) in [5.74, 6) is 0.0000113. The van der Waals surface area contributed by atoms with Gasteiger partial charge < -0.3 is 21.0 Å². The first-order valence-electron chi connectivity index (χ1n) is 12.3. The molecule has 1 aromatic heterocycles. The number of carbonyl (C=O) groups excluding carboxylic acids is 1. The third-order valence-electron chi connectivity index (χ3n) is 6.33. The number of rotatable bonds is 11. The predicted octanol–water partition coefficient (Wildman–Crippen LogP) is 3.76. The predicted molar refractivity (Wildman–Crippen MR) is 155 cm³/mol. The summed E-state index contributed by atoms with van der Waals surface area (Å²) in [6.45, 7) is 1.96. The third kappa shape index (κ3) is 7.39. The van der Waals surface area contributed by atoms with Crippen molar-refractivity contribution >= 4 is 35.2 Å². The first-order chi connectivity index (χ1) is 18.8. The van der Waals surface area contributed by atoms with E-state index >= 15 is 0 Å². The number of carbonyl (C=O) groups is 2. The molecule has 1 amide bonds. The minimum Gasteiger partial charge on any atom is -1.00 e. The molecular weight excluding hydrogens is 543 g/mol. The Bertz CT molecular complexity index is 1480. The molecule has 0 saturated carbocycles. The van der Waals surface area contributed by atoms with Crippen molar-refractivity contribution in [2.45, 2.75) is 25.5 Å². The number of nitrogens with one attached hydrogen (secondary N) is 1. The zero-order valence-corrected chi connectivity index (χ0v) is 24.4. The van der Waals surface area contributed by atoms with Crippen molar-refractivity contribution in [2.75, 3.05) is 19.1 Å². The van der Waals surface area contributed by atoms with Crippen LogP contribution in [0, 0.1) is 6.92 Å². The molecule has 0 fully saturated rings. The van der Waals surface area contributed by atoms with Crippen LogP contribution in [-0.2, 0) is 9.53 Å². The van der Waals surface area contributed by atoms with E-state index in [0.29, 0.717) is 40.0 Å². The SMILES string of the molecule is COC(c1ccc(C(=O)NC(CCSC)C(=O)O)c(-c2ccccc2C)c1)c1cnc(-c2cccc(Cl)c2)o1.[H-].[Li+]. The number of aliphatic carboxylic acids is 1. The number of carboxylic acids is 1. The van der Waals surface area contributed by atoms with Gasteiger partial charge in [-0.1, -0.05) is 48.0 Å². The first kappa shape index (κ1) is 31.5. The molecule has 0 aliphatic carbocycles. The van der Waals surface area contributed by atoms with Crippen LogP contribution in [0.25, 0.3) is 22.6 Å². The second-order valence-electron chi connectivity index (χ2n) is 8.96. The quantitative estimate of drug-likeness (QED) is 0.264. The number of carboxylic acid groups (broad SMARTS) is 1. The van der Waals surface area contributed by atoms with Gasteiger partial charge in [0.15, 0.2) is 5.76 Å². The fourth-order valence-electron chi connectivity index (χ4n) is 4.33. The number of amides is 1. The van der Waals surface area contributed by atoms with Gasteiger partial charge >= 0.3 is 24.8 Å². The summed E-state index contributed by atoms with van der Waals surface area (Å²) in [6.07, 6.45) is 3.24. The number of aromatic nitrogens is 1. The van der Waals surface area contributed by atoms with Crippen LogP contribution in [-0.4, -0.2) is 47.1 Å². The summed E-state index contributed by atoms with van der Waals surface area (Å²) in [4.78, 5) is 29.6. The van der Waals surface area contributed by atoms with Crippen LogP contribution < -0.4 is 24.2 Å². The van der Waals surface area contributed by atoms with Crippen molar-refractivity contribution < 1.29 is 44.1 Å². The van der Waals surface area contributed by atoms with E-state index in [4.69, 9.17) is 20.8 Å². The molecule has 0 saturated heterocycles. The number of aryl methyl sites for hydroxylation is 1. The largest absolute Gasteiger partial charge is 1.00 e. The van der Waals surface area contributed by atoms with Gasteiger partial charge in [0, 0.05) is 23.3 Å². The number of hydrogen-bond donors (Lipinski definition) is 2. The fourth-order valence-corrected chi connectivity index (χ4v) is 4.99. The van der Waals surface area contributed by atoms with E-state index < -0.39 is 24.0 Å². The van der Waals surface area contributed by atoms with E-state index in [1.54, 1.807) is 37.6 Å². The molecule has 40 heavy (non-hydrogen) atoms. The van der Waals surface area contributed by atoms with Crippen LogP contribution in [0.4, 0.5) is 0 Å². The maximum absolute atomic E-state index is 13.4. The van der Waals surface area contributed by atoms with Gasteiger partial charge in [-0.05, 0) is 77.9 Å². The number of hydrogen-bond acceptors (Lipinski definition) is 6. The molecule has 7 nitrogen and oxygen atoms in total. The van der Waals surface area contributed by atoms with E-state index in [1.165, 1.54) is 11.8 Å². The van der Waals surface area contributed by atoms with Crippen LogP contribution in [0.5, 0.6) is 0 Å². The van der Waals surface area contributed by atoms with Gasteiger partial charge in [0.2, 0.25) is 5.89 Å². The molecule has 4 rings (SSSR count). The van der Waals surface area contributed by atoms with Crippen molar-refractivity contribution in [3.8, 4) is 22.6 Å². The molecule has 10 heteroatoms. The van der Waals surface area contributed by atoms with Gasteiger partial charge in [-0.15, -0.1) is 0 Å². The molecule has 0 aliphatic heterocycles. The summed E-state index contributed by atoms with van der Waals surface area (Å²) in [5.41, 5.74) is 4.35. The Morgan fingerprint density at radius 1 is 1.12 bits per heavy atom. The van der Waals surface area contributed by atoms with Gasteiger partial charge in [-0.2, -0.15) is 11.8 Å². The Hall–Kier alpha value is -2.99. The molecule has 2 N–H and O–H groups in total. The number of benzene rings is 3. The Morgan fingerprint density at radius 2 is 1.90 bits per heavy atom. The Labute approximate surface area is 256 Å². The van der Waals surface area contributed by atoms with Gasteiger partial charge in [-0.25, -0.2) is 9.78 Å². The average molecular weight is 573 g/mol. The van der Waals surface area contributed by atoms with E-state index in [1.807, 2.05) is 55.6 Å². The smallest absolute Gasteiger partial charge is 1.00 e. The summed E-state index contributed by atoms with van der Waals surface area (Å²) in [5, 5.41) is 12.9. The number of nitrogens with zero attached hydrogens (tertiary/aromatic N) is 1. The second-order valence-corrected chi connectivity index (χ2v) is 10.4. The molecule has 3 aromatic carbocycles. The summed E-state index contributed by atoms with van der Waals surface area (Å²) >= 11 is 7.66. The van der Waals surface area contributed by atoms with Crippen LogP contribution >= 0.6 is 23.4 Å². The fraction of sp³-hybridized carbons (Fsp3) is 0.233. The Kier molecular flexibility index (Phi) is 11.5. The van der Waals surface area contributed by atoms with Crippen LogP contribution in [0.3, 0.4) is 0 Å². The summed E-state index contributed by atoms with van der Waals surface area (Å²) in [7, 11) is 1.57. The maximum atomic E-state index is 13.4. The number of oxazole rings is 1. The minimum atomic E-state index is -1.06. The van der Waals surface area contributed by atoms with Crippen molar-refractivity contribution in [2.24, 2.45) is 0 Å². The number of methoxy groups -OCH3 is 1. The molecule has 2 atom stereocenters. The van der Waals surface area contributed by atoms with E-state index in [9.17, 15) is 14.7 Å². The molecule has 0 bridgehead atoms. The van der Waals surface area contributed by atoms with Crippen LogP contribution in [0.1, 0.15) is 41.2 Å². The zero-order chi connectivity index (χ0) is 27.9. The molecule has 0 spiro atoms. The van der Waals surface area contributed by atoms with Crippen molar-refractivity contribution in [3.05, 3.63) is 100 Å². The van der Waals surface area contributed by atoms with E-state index in [2.05, 4.69) is 10.3 Å². The zero-order valence-electron chi connectivity index (χ0n) is 23.8. The molecule has 1 heterocycles. The van der Waals surface area contributed by atoms with Gasteiger partial charge in [-0.3, -0.25) is 4.79 Å². The van der Waals surface area contributed by atoms with Crippen molar-refractivity contribution in [1.82, 2.24) is 10.3 Å². The molecule has 204 valence electrons. The van der Waals surface area contributed by atoms with Crippen LogP contribution in [0.15, 0.2) is 77.3 Å². The number of ether oxygens (including phenoxy) is 1. The first-order valence-corrected chi connectivity index (χ1v) is 14.1. The van der Waals surface area contributed by atoms with Gasteiger partial charge in [0.25, 0.3) is 5.91 Å². The normalized spacial score (nSPS) is 12.3. The molecule has 4 aromatic rings. The molecule has 2 unspecified atom stereocenters. The Balaban J connectivity index is 0.00000294. The topological polar surface area (TPSA) is 102 Å². The molecule has 0 aliphatic rings. The summed E-state index contributed by atoms with van der Waals surface area (Å²) in [6, 6.07) is 19.3. The number of halogens is 1. The van der Waals surface area contributed by atoms with Gasteiger partial charge in [0.05, 0.1) is 6.20 Å². The molecular formula is C30H30ClLiN2O5S. The van der Waals surface area contributed by atoms with Gasteiger partial charge in [0.1, 0.15) is 12.1 Å². The second kappa shape index (κ2) is 14.6. The maximum Gasteiger partial charge on any atom is 1.00 e. The van der Waals surface area contributed by atoms with Crippen molar-refractivity contribution in [1.29, 1.82) is 0 Å². The van der Waals surface area contributed by atoms with E-state index in [0.717, 1.165) is 22.3 Å². The monoisotopic (exact) mass is 572 g/mol. The minimum absolute atomic E-state index is 0. The average Bonchev–Trinajstić information content (AvgIpc) is 3.41. The standard InChI is InChI=1S/C30H29ClN2O5S.Li.H/c1-18-7-4-5-10-22(18)24-16-19(11-12-23(24)28(34)33-25(30(35)36)13-14-39-3)27(37-2)26-17-32-29(38-26)20-8-6-9-21(31)15-20;;/h4-12,15-17,25,27H,13-14H2,1-3H3,(H,33,34)(H,35,36);;/q;+1;-1. The third-order valence-corrected chi connectivity index (χ3v) is 7.21. The van der Waals surface area contributed by atoms with Crippen LogP contribution in [0.2, 0.25) is 5.02 Å². The Morgan fingerprint density at radius 3 is 2.58 bits per heavy atom. The molecule has 0 radical (unpaired) electrons. The van der Waals surface area contributed by atoms with E-state index in [-0.39, 0.29) is 20.3 Å². The summed E-state index contributed by atoms with van der Waals surface area (Å²) < 4.78 is 11.9. The number of thioether (sulfide) groups is 1.